The van der Waals surface area contributed by atoms with Gasteiger partial charge in [0.2, 0.25) is 5.91 Å². The first-order valence-corrected chi connectivity index (χ1v) is 6.59. The Bertz CT molecular complexity index is 361. The lowest BCUT2D eigenvalue weighted by atomic mass is 10.1. The summed E-state index contributed by atoms with van der Waals surface area (Å²) in [5.74, 6) is -1.53. The molecular formula is C12H21N3O5. The molecule has 0 aromatic heterocycles. The number of unbranched alkanes of at least 4 members (excludes halogenated alkanes) is 1. The molecule has 114 valence electrons. The van der Waals surface area contributed by atoms with Crippen molar-refractivity contribution >= 4 is 17.9 Å². The summed E-state index contributed by atoms with van der Waals surface area (Å²) in [6.45, 7) is 1.75. The second-order valence-electron chi connectivity index (χ2n) is 4.53. The van der Waals surface area contributed by atoms with Gasteiger partial charge in [0.15, 0.2) is 0 Å². The van der Waals surface area contributed by atoms with E-state index in [9.17, 15) is 14.4 Å². The van der Waals surface area contributed by atoms with Crippen LogP contribution in [0, 0.1) is 0 Å². The van der Waals surface area contributed by atoms with Crippen LogP contribution in [0.3, 0.4) is 0 Å². The fraction of sp³-hybridized carbons (Fsp3) is 0.750. The Labute approximate surface area is 117 Å². The summed E-state index contributed by atoms with van der Waals surface area (Å²) in [7, 11) is 1.61. The first-order chi connectivity index (χ1) is 9.56. The standard InChI is InChI=1S/C12H21N3O5/c1-20-7-3-2-4-14-12(19)15-6-5-13-11(18)9(15)8-10(16)17/h9H,2-8H2,1H3,(H,13,18)(H,14,19)(H,16,17). The van der Waals surface area contributed by atoms with Gasteiger partial charge in [0.1, 0.15) is 6.04 Å². The fourth-order valence-corrected chi connectivity index (χ4v) is 1.99. The summed E-state index contributed by atoms with van der Waals surface area (Å²) in [6, 6.07) is -1.34. The van der Waals surface area contributed by atoms with Crippen LogP contribution in [0.25, 0.3) is 0 Å². The summed E-state index contributed by atoms with van der Waals surface area (Å²) >= 11 is 0. The van der Waals surface area contributed by atoms with Gasteiger partial charge < -0.3 is 25.4 Å². The van der Waals surface area contributed by atoms with Gasteiger partial charge >= 0.3 is 12.0 Å². The van der Waals surface area contributed by atoms with Gasteiger partial charge in [-0.25, -0.2) is 4.79 Å². The molecule has 1 rings (SSSR count). The van der Waals surface area contributed by atoms with E-state index in [1.54, 1.807) is 7.11 Å². The van der Waals surface area contributed by atoms with E-state index in [1.807, 2.05) is 0 Å². The number of urea groups is 1. The van der Waals surface area contributed by atoms with Gasteiger partial charge in [-0.2, -0.15) is 0 Å². The third-order valence-electron chi connectivity index (χ3n) is 3.01. The highest BCUT2D eigenvalue weighted by Gasteiger charge is 2.34. The zero-order chi connectivity index (χ0) is 15.0. The number of carboxylic acid groups (broad SMARTS) is 1. The monoisotopic (exact) mass is 287 g/mol. The number of carboxylic acids is 1. The molecule has 1 heterocycles. The Hall–Kier alpha value is -1.83. The number of hydrogen-bond acceptors (Lipinski definition) is 4. The topological polar surface area (TPSA) is 108 Å². The zero-order valence-corrected chi connectivity index (χ0v) is 11.6. The van der Waals surface area contributed by atoms with E-state index >= 15 is 0 Å². The number of hydrogen-bond donors (Lipinski definition) is 3. The molecule has 8 nitrogen and oxygen atoms in total. The number of carbonyl (C=O) groups excluding carboxylic acids is 2. The van der Waals surface area contributed by atoms with Crippen molar-refractivity contribution < 1.29 is 24.2 Å². The molecule has 1 aliphatic rings. The number of carbonyl (C=O) groups is 3. The lowest BCUT2D eigenvalue weighted by Crippen LogP contribution is -2.60. The van der Waals surface area contributed by atoms with Crippen molar-refractivity contribution in [2.75, 3.05) is 33.4 Å². The molecule has 3 N–H and O–H groups in total. The number of rotatable bonds is 7. The van der Waals surface area contributed by atoms with Gasteiger partial charge in [-0.05, 0) is 12.8 Å². The highest BCUT2D eigenvalue weighted by Crippen LogP contribution is 2.09. The van der Waals surface area contributed by atoms with Crippen molar-refractivity contribution in [3.05, 3.63) is 0 Å². The number of aliphatic carboxylic acids is 1. The predicted molar refractivity (Wildman–Crippen MR) is 70.3 cm³/mol. The van der Waals surface area contributed by atoms with Crippen molar-refractivity contribution in [1.82, 2.24) is 15.5 Å². The fourth-order valence-electron chi connectivity index (χ4n) is 1.99. The Morgan fingerprint density at radius 3 is 2.90 bits per heavy atom. The molecule has 8 heteroatoms. The molecule has 0 aromatic carbocycles. The second kappa shape index (κ2) is 8.36. The van der Waals surface area contributed by atoms with Crippen LogP contribution in [0.15, 0.2) is 0 Å². The van der Waals surface area contributed by atoms with Gasteiger partial charge in [-0.1, -0.05) is 0 Å². The largest absolute Gasteiger partial charge is 0.481 e. The Kier molecular flexibility index (Phi) is 6.78. The lowest BCUT2D eigenvalue weighted by molar-refractivity contribution is -0.142. The number of nitrogens with zero attached hydrogens (tertiary/aromatic N) is 1. The van der Waals surface area contributed by atoms with Crippen LogP contribution in [0.1, 0.15) is 19.3 Å². The molecule has 3 amide bonds. The van der Waals surface area contributed by atoms with Crippen LogP contribution in [0.5, 0.6) is 0 Å². The summed E-state index contributed by atoms with van der Waals surface area (Å²) in [4.78, 5) is 35.7. The van der Waals surface area contributed by atoms with Crippen molar-refractivity contribution in [1.29, 1.82) is 0 Å². The first kappa shape index (κ1) is 16.2. The molecule has 0 radical (unpaired) electrons. The average Bonchev–Trinajstić information content (AvgIpc) is 2.40. The summed E-state index contributed by atoms with van der Waals surface area (Å²) in [6.07, 6.45) is 1.21. The molecule has 0 bridgehead atoms. The molecule has 0 aromatic rings. The number of piperazine rings is 1. The maximum absolute atomic E-state index is 12.0. The number of ether oxygens (including phenoxy) is 1. The van der Waals surface area contributed by atoms with Crippen LogP contribution in [0.4, 0.5) is 4.79 Å². The number of amides is 3. The van der Waals surface area contributed by atoms with E-state index in [1.165, 1.54) is 4.90 Å². The van der Waals surface area contributed by atoms with Gasteiger partial charge in [-0.3, -0.25) is 9.59 Å². The van der Waals surface area contributed by atoms with Crippen molar-refractivity contribution in [2.24, 2.45) is 0 Å². The molecule has 1 fully saturated rings. The van der Waals surface area contributed by atoms with E-state index in [2.05, 4.69) is 10.6 Å². The summed E-state index contributed by atoms with van der Waals surface area (Å²) in [5, 5.41) is 14.1. The van der Waals surface area contributed by atoms with Crippen LogP contribution in [-0.2, 0) is 14.3 Å². The first-order valence-electron chi connectivity index (χ1n) is 6.59. The van der Waals surface area contributed by atoms with Crippen LogP contribution in [-0.4, -0.2) is 67.3 Å². The second-order valence-corrected chi connectivity index (χ2v) is 4.53. The van der Waals surface area contributed by atoms with Crippen LogP contribution in [0.2, 0.25) is 0 Å². The van der Waals surface area contributed by atoms with E-state index in [-0.39, 0.29) is 6.42 Å². The predicted octanol–water partition coefficient (Wildman–Crippen LogP) is -0.602. The quantitative estimate of drug-likeness (QED) is 0.542. The minimum Gasteiger partial charge on any atom is -0.481 e. The van der Waals surface area contributed by atoms with Gasteiger partial charge in [0.05, 0.1) is 6.42 Å². The van der Waals surface area contributed by atoms with Crippen LogP contribution < -0.4 is 10.6 Å². The van der Waals surface area contributed by atoms with Crippen LogP contribution >= 0.6 is 0 Å². The van der Waals surface area contributed by atoms with Gasteiger partial charge in [0.25, 0.3) is 0 Å². The van der Waals surface area contributed by atoms with E-state index in [0.29, 0.717) is 26.2 Å². The number of methoxy groups -OCH3 is 1. The Morgan fingerprint density at radius 2 is 2.25 bits per heavy atom. The number of nitrogens with one attached hydrogen (secondary N) is 2. The smallest absolute Gasteiger partial charge is 0.318 e. The summed E-state index contributed by atoms with van der Waals surface area (Å²) < 4.78 is 4.90. The SMILES string of the molecule is COCCCCNC(=O)N1CCNC(=O)C1CC(=O)O. The summed E-state index contributed by atoms with van der Waals surface area (Å²) in [5.41, 5.74) is 0. The lowest BCUT2D eigenvalue weighted by Gasteiger charge is -2.34. The highest BCUT2D eigenvalue weighted by molar-refractivity contribution is 5.91. The average molecular weight is 287 g/mol. The Morgan fingerprint density at radius 1 is 1.50 bits per heavy atom. The molecule has 1 saturated heterocycles. The molecular weight excluding hydrogens is 266 g/mol. The van der Waals surface area contributed by atoms with Gasteiger partial charge in [-0.15, -0.1) is 0 Å². The normalized spacial score (nSPS) is 18.6. The van der Waals surface area contributed by atoms with Crippen molar-refractivity contribution in [2.45, 2.75) is 25.3 Å². The molecule has 20 heavy (non-hydrogen) atoms. The molecule has 0 aliphatic carbocycles. The van der Waals surface area contributed by atoms with Gasteiger partial charge in [0, 0.05) is 33.4 Å². The minimum absolute atomic E-state index is 0.313. The molecule has 0 spiro atoms. The maximum atomic E-state index is 12.0. The molecule has 0 saturated carbocycles. The Balaban J connectivity index is 2.46. The zero-order valence-electron chi connectivity index (χ0n) is 11.6. The molecule has 1 aliphatic heterocycles. The van der Waals surface area contributed by atoms with Crippen molar-refractivity contribution in [3.8, 4) is 0 Å². The third kappa shape index (κ3) is 5.04. The van der Waals surface area contributed by atoms with E-state index < -0.39 is 23.9 Å². The molecule has 1 unspecified atom stereocenters. The van der Waals surface area contributed by atoms with E-state index in [4.69, 9.17) is 9.84 Å². The minimum atomic E-state index is -1.11. The van der Waals surface area contributed by atoms with E-state index in [0.717, 1.165) is 12.8 Å². The highest BCUT2D eigenvalue weighted by atomic mass is 16.5. The molecule has 1 atom stereocenters. The third-order valence-corrected chi connectivity index (χ3v) is 3.01. The van der Waals surface area contributed by atoms with Crippen molar-refractivity contribution in [3.63, 3.8) is 0 Å². The maximum Gasteiger partial charge on any atom is 0.318 e.